The molecule has 0 aliphatic carbocycles. The van der Waals surface area contributed by atoms with Crippen LogP contribution in [-0.4, -0.2) is 18.2 Å². The van der Waals surface area contributed by atoms with Crippen molar-refractivity contribution in [2.75, 3.05) is 0 Å². The number of fused-ring (bicyclic) bond motifs is 1. The number of aromatic nitrogens is 2. The first-order valence-corrected chi connectivity index (χ1v) is 7.55. The Morgan fingerprint density at radius 3 is 2.53 bits per heavy atom. The van der Waals surface area contributed by atoms with Gasteiger partial charge in [0, 0.05) is 27.8 Å². The highest BCUT2D eigenvalue weighted by atomic mass is 35.7. The smallest absolute Gasteiger partial charge is 0.261 e. The summed E-state index contributed by atoms with van der Waals surface area (Å²) in [5.74, 6) is 0. The highest BCUT2D eigenvalue weighted by molar-refractivity contribution is 8.13. The molecule has 17 heavy (non-hydrogen) atoms. The average Bonchev–Trinajstić information content (AvgIpc) is 2.54. The number of benzene rings is 1. The van der Waals surface area contributed by atoms with Gasteiger partial charge in [0.25, 0.3) is 9.05 Å². The number of aryl methyl sites for hydroxylation is 1. The van der Waals surface area contributed by atoms with E-state index in [0.717, 1.165) is 16.6 Å². The van der Waals surface area contributed by atoms with Gasteiger partial charge in [-0.1, -0.05) is 0 Å². The van der Waals surface area contributed by atoms with Crippen molar-refractivity contribution >= 4 is 30.6 Å². The molecule has 0 saturated heterocycles. The predicted molar refractivity (Wildman–Crippen MR) is 67.9 cm³/mol. The number of rotatable bonds is 2. The van der Waals surface area contributed by atoms with Gasteiger partial charge in [-0.3, -0.25) is 4.68 Å². The Morgan fingerprint density at radius 1 is 1.35 bits per heavy atom. The second-order valence-electron chi connectivity index (χ2n) is 4.24. The second-order valence-corrected chi connectivity index (χ2v) is 6.81. The molecular weight excluding hydrogens is 260 g/mol. The minimum Gasteiger partial charge on any atom is -0.266 e. The van der Waals surface area contributed by atoms with Crippen LogP contribution in [-0.2, 0) is 9.05 Å². The third-order valence-electron chi connectivity index (χ3n) is 2.69. The van der Waals surface area contributed by atoms with Gasteiger partial charge in [0.15, 0.2) is 0 Å². The molecule has 92 valence electrons. The summed E-state index contributed by atoms with van der Waals surface area (Å²) in [5, 5.41) is 5.23. The molecule has 0 unspecified atom stereocenters. The van der Waals surface area contributed by atoms with Crippen molar-refractivity contribution in [2.24, 2.45) is 0 Å². The Balaban J connectivity index is 2.74. The molecule has 0 amide bonds. The third-order valence-corrected chi connectivity index (χ3v) is 4.04. The third kappa shape index (κ3) is 2.17. The minimum absolute atomic E-state index is 0.109. The monoisotopic (exact) mass is 272 g/mol. The molecular formula is C11H13ClN2O2S. The molecule has 2 rings (SSSR count). The van der Waals surface area contributed by atoms with Gasteiger partial charge >= 0.3 is 0 Å². The van der Waals surface area contributed by atoms with Crippen molar-refractivity contribution in [3.05, 3.63) is 23.9 Å². The van der Waals surface area contributed by atoms with Crippen molar-refractivity contribution in [3.63, 3.8) is 0 Å². The van der Waals surface area contributed by atoms with Crippen LogP contribution in [0.1, 0.15) is 25.6 Å². The molecule has 2 aromatic rings. The van der Waals surface area contributed by atoms with Crippen molar-refractivity contribution in [3.8, 4) is 0 Å². The summed E-state index contributed by atoms with van der Waals surface area (Å²) in [5.41, 5.74) is 1.72. The maximum atomic E-state index is 11.3. The van der Waals surface area contributed by atoms with Crippen LogP contribution in [0.25, 0.3) is 10.9 Å². The van der Waals surface area contributed by atoms with Crippen LogP contribution in [0.4, 0.5) is 0 Å². The Hall–Kier alpha value is -1.07. The number of hydrogen-bond acceptors (Lipinski definition) is 3. The van der Waals surface area contributed by atoms with E-state index in [0.29, 0.717) is 0 Å². The van der Waals surface area contributed by atoms with Crippen molar-refractivity contribution in [2.45, 2.75) is 31.7 Å². The normalized spacial score (nSPS) is 12.5. The summed E-state index contributed by atoms with van der Waals surface area (Å²) in [6, 6.07) is 4.95. The van der Waals surface area contributed by atoms with E-state index in [1.54, 1.807) is 12.1 Å². The van der Waals surface area contributed by atoms with E-state index in [9.17, 15) is 8.42 Å². The maximum Gasteiger partial charge on any atom is 0.261 e. The zero-order valence-electron chi connectivity index (χ0n) is 9.81. The quantitative estimate of drug-likeness (QED) is 0.790. The van der Waals surface area contributed by atoms with Gasteiger partial charge in [-0.15, -0.1) is 0 Å². The summed E-state index contributed by atoms with van der Waals surface area (Å²) in [6.45, 7) is 5.97. The first-order chi connectivity index (χ1) is 7.80. The fourth-order valence-corrected chi connectivity index (χ4v) is 2.64. The van der Waals surface area contributed by atoms with E-state index >= 15 is 0 Å². The van der Waals surface area contributed by atoms with E-state index in [2.05, 4.69) is 5.10 Å². The Kier molecular flexibility index (Phi) is 2.91. The largest absolute Gasteiger partial charge is 0.266 e. The SMILES string of the molecule is Cc1c2cc(S(=O)(=O)Cl)ccc2nn1C(C)C. The molecule has 0 radical (unpaired) electrons. The van der Waals surface area contributed by atoms with Crippen LogP contribution in [0.5, 0.6) is 0 Å². The lowest BCUT2D eigenvalue weighted by molar-refractivity contribution is 0.524. The van der Waals surface area contributed by atoms with Crippen molar-refractivity contribution < 1.29 is 8.42 Å². The lowest BCUT2D eigenvalue weighted by Crippen LogP contribution is -2.04. The number of halogens is 1. The first-order valence-electron chi connectivity index (χ1n) is 5.24. The molecule has 0 bridgehead atoms. The van der Waals surface area contributed by atoms with Gasteiger partial charge in [0.2, 0.25) is 0 Å². The molecule has 1 aromatic carbocycles. The van der Waals surface area contributed by atoms with Crippen LogP contribution >= 0.6 is 10.7 Å². The summed E-state index contributed by atoms with van der Waals surface area (Å²) < 4.78 is 24.4. The molecule has 6 heteroatoms. The molecule has 0 fully saturated rings. The Morgan fingerprint density at radius 2 is 2.00 bits per heavy atom. The molecule has 1 heterocycles. The van der Waals surface area contributed by atoms with Crippen molar-refractivity contribution in [1.29, 1.82) is 0 Å². The number of hydrogen-bond donors (Lipinski definition) is 0. The molecule has 0 spiro atoms. The standard InChI is InChI=1S/C11H13ClN2O2S/c1-7(2)14-8(3)10-6-9(17(12,15)16)4-5-11(10)13-14/h4-7H,1-3H3. The van der Waals surface area contributed by atoms with Gasteiger partial charge < -0.3 is 0 Å². The van der Waals surface area contributed by atoms with Gasteiger partial charge in [0.1, 0.15) is 0 Å². The highest BCUT2D eigenvalue weighted by Crippen LogP contribution is 2.25. The summed E-state index contributed by atoms with van der Waals surface area (Å²) in [6.07, 6.45) is 0. The van der Waals surface area contributed by atoms with Crippen LogP contribution in [0.2, 0.25) is 0 Å². The van der Waals surface area contributed by atoms with E-state index < -0.39 is 9.05 Å². The molecule has 0 saturated carbocycles. The van der Waals surface area contributed by atoms with E-state index in [4.69, 9.17) is 10.7 Å². The molecule has 0 atom stereocenters. The summed E-state index contributed by atoms with van der Waals surface area (Å²) >= 11 is 0. The second kappa shape index (κ2) is 3.99. The molecule has 1 aromatic heterocycles. The molecule has 4 nitrogen and oxygen atoms in total. The van der Waals surface area contributed by atoms with E-state index in [-0.39, 0.29) is 10.9 Å². The zero-order valence-corrected chi connectivity index (χ0v) is 11.4. The Bertz CT molecular complexity index is 674. The van der Waals surface area contributed by atoms with E-state index in [1.807, 2.05) is 25.5 Å². The molecule has 0 aliphatic rings. The van der Waals surface area contributed by atoms with Crippen LogP contribution in [0, 0.1) is 6.92 Å². The minimum atomic E-state index is -3.69. The average molecular weight is 273 g/mol. The van der Waals surface area contributed by atoms with Gasteiger partial charge in [-0.25, -0.2) is 8.42 Å². The van der Waals surface area contributed by atoms with Gasteiger partial charge in [-0.2, -0.15) is 5.10 Å². The van der Waals surface area contributed by atoms with Crippen LogP contribution in [0.15, 0.2) is 23.1 Å². The zero-order chi connectivity index (χ0) is 12.8. The van der Waals surface area contributed by atoms with Crippen LogP contribution in [0.3, 0.4) is 0 Å². The van der Waals surface area contributed by atoms with Gasteiger partial charge in [0.05, 0.1) is 10.4 Å². The highest BCUT2D eigenvalue weighted by Gasteiger charge is 2.14. The topological polar surface area (TPSA) is 52.0 Å². The molecule has 0 N–H and O–H groups in total. The van der Waals surface area contributed by atoms with Crippen molar-refractivity contribution in [1.82, 2.24) is 9.78 Å². The number of nitrogens with zero attached hydrogens (tertiary/aromatic N) is 2. The summed E-state index contributed by atoms with van der Waals surface area (Å²) in [7, 11) is 1.64. The molecule has 0 aliphatic heterocycles. The fourth-order valence-electron chi connectivity index (χ4n) is 1.86. The summed E-state index contributed by atoms with van der Waals surface area (Å²) in [4.78, 5) is 0.109. The lowest BCUT2D eigenvalue weighted by Gasteiger charge is -2.06. The first kappa shape index (κ1) is 12.4. The Labute approximate surface area is 105 Å². The van der Waals surface area contributed by atoms with Gasteiger partial charge in [-0.05, 0) is 39.0 Å². The fraction of sp³-hybridized carbons (Fsp3) is 0.364. The van der Waals surface area contributed by atoms with E-state index in [1.165, 1.54) is 6.07 Å². The van der Waals surface area contributed by atoms with Crippen LogP contribution < -0.4 is 0 Å². The predicted octanol–water partition coefficient (Wildman–Crippen LogP) is 2.85. The lowest BCUT2D eigenvalue weighted by atomic mass is 10.2. The maximum absolute atomic E-state index is 11.3.